The molecule has 1 amide bonds. The lowest BCUT2D eigenvalue weighted by molar-refractivity contribution is 0.0504. The van der Waals surface area contributed by atoms with E-state index in [4.69, 9.17) is 14.3 Å². The summed E-state index contributed by atoms with van der Waals surface area (Å²) < 4.78 is 26.4. The number of nitrogens with zero attached hydrogens (tertiary/aromatic N) is 2. The lowest BCUT2D eigenvalue weighted by Crippen LogP contribution is -2.40. The Bertz CT molecular complexity index is 1190. The first-order chi connectivity index (χ1) is 18.6. The van der Waals surface area contributed by atoms with Crippen LogP contribution < -0.4 is 15.5 Å². The van der Waals surface area contributed by atoms with E-state index in [-0.39, 0.29) is 36.5 Å². The molecule has 1 aliphatic carbocycles. The van der Waals surface area contributed by atoms with Crippen LogP contribution in [-0.4, -0.2) is 55.7 Å². The molecule has 1 saturated heterocycles. The second-order valence-electron chi connectivity index (χ2n) is 10.8. The summed E-state index contributed by atoms with van der Waals surface area (Å²) in [6.45, 7) is 8.37. The van der Waals surface area contributed by atoms with Crippen molar-refractivity contribution >= 4 is 29.7 Å². The van der Waals surface area contributed by atoms with Gasteiger partial charge in [-0.1, -0.05) is 35.5 Å². The Morgan fingerprint density at radius 3 is 2.56 bits per heavy atom. The van der Waals surface area contributed by atoms with E-state index in [2.05, 4.69) is 15.8 Å². The molecule has 2 N–H and O–H groups in total. The summed E-state index contributed by atoms with van der Waals surface area (Å²) in [6, 6.07) is 10.7. The maximum atomic E-state index is 15.8. The Balaban J connectivity index is 1.64. The number of carbonyl (C=O) groups excluding carboxylic acids is 2. The fourth-order valence-electron chi connectivity index (χ4n) is 4.40. The predicted molar refractivity (Wildman–Crippen MR) is 148 cm³/mol. The number of nitrogens with one attached hydrogen (secondary N) is 2. The van der Waals surface area contributed by atoms with E-state index in [0.29, 0.717) is 30.8 Å². The van der Waals surface area contributed by atoms with Gasteiger partial charge in [-0.15, -0.1) is 0 Å². The summed E-state index contributed by atoms with van der Waals surface area (Å²) in [7, 11) is 0. The molecule has 0 radical (unpaired) electrons. The van der Waals surface area contributed by atoms with E-state index < -0.39 is 23.5 Å². The van der Waals surface area contributed by atoms with Crippen molar-refractivity contribution < 1.29 is 28.3 Å². The molecule has 10 heteroatoms. The zero-order valence-electron chi connectivity index (χ0n) is 23.0. The molecule has 9 nitrogen and oxygen atoms in total. The number of esters is 1. The molecular formula is C29H37FN4O5. The maximum absolute atomic E-state index is 15.8. The van der Waals surface area contributed by atoms with Gasteiger partial charge in [0.1, 0.15) is 18.0 Å². The molecule has 0 spiro atoms. The lowest BCUT2D eigenvalue weighted by Gasteiger charge is -2.25. The average molecular weight is 541 g/mol. The molecule has 2 aromatic carbocycles. The first kappa shape index (κ1) is 28.2. The summed E-state index contributed by atoms with van der Waals surface area (Å²) >= 11 is 0. The fourth-order valence-corrected chi connectivity index (χ4v) is 4.40. The van der Waals surface area contributed by atoms with E-state index in [1.165, 1.54) is 12.3 Å². The van der Waals surface area contributed by atoms with Gasteiger partial charge in [-0.2, -0.15) is 0 Å². The third-order valence-electron chi connectivity index (χ3n) is 6.27. The highest BCUT2D eigenvalue weighted by Crippen LogP contribution is 2.38. The summed E-state index contributed by atoms with van der Waals surface area (Å²) in [4.78, 5) is 32.5. The quantitative estimate of drug-likeness (QED) is 0.242. The van der Waals surface area contributed by atoms with Gasteiger partial charge < -0.3 is 29.8 Å². The Morgan fingerprint density at radius 1 is 1.15 bits per heavy atom. The molecule has 1 heterocycles. The third kappa shape index (κ3) is 7.84. The maximum Gasteiger partial charge on any atom is 0.407 e. The van der Waals surface area contributed by atoms with Gasteiger partial charge in [0, 0.05) is 24.7 Å². The number of benzene rings is 2. The molecule has 1 aliphatic heterocycles. The van der Waals surface area contributed by atoms with Crippen LogP contribution in [0.5, 0.6) is 0 Å². The van der Waals surface area contributed by atoms with Crippen LogP contribution in [0.25, 0.3) is 0 Å². The molecule has 1 atom stereocenters. The first-order valence-electron chi connectivity index (χ1n) is 13.4. The molecule has 1 unspecified atom stereocenters. The van der Waals surface area contributed by atoms with Crippen molar-refractivity contribution in [1.82, 2.24) is 5.32 Å². The van der Waals surface area contributed by atoms with Crippen LogP contribution >= 0.6 is 0 Å². The molecule has 4 rings (SSSR count). The number of hydrogen-bond acceptors (Lipinski definition) is 8. The zero-order chi connectivity index (χ0) is 28.0. The number of carbonyl (C=O) groups is 2. The summed E-state index contributed by atoms with van der Waals surface area (Å²) in [5, 5.41) is 10.4. The Morgan fingerprint density at radius 2 is 1.90 bits per heavy atom. The lowest BCUT2D eigenvalue weighted by atomic mass is 10.0. The van der Waals surface area contributed by atoms with Crippen molar-refractivity contribution in [3.63, 3.8) is 0 Å². The molecule has 2 aliphatic rings. The highest BCUT2D eigenvalue weighted by Gasteiger charge is 2.33. The van der Waals surface area contributed by atoms with Crippen molar-refractivity contribution in [2.75, 3.05) is 29.9 Å². The number of hydrogen-bond donors (Lipinski definition) is 2. The molecule has 39 heavy (non-hydrogen) atoms. The van der Waals surface area contributed by atoms with E-state index in [0.717, 1.165) is 18.4 Å². The molecule has 1 saturated carbocycles. The van der Waals surface area contributed by atoms with Gasteiger partial charge in [-0.25, -0.2) is 14.0 Å². The largest absolute Gasteiger partial charge is 0.462 e. The highest BCUT2D eigenvalue weighted by atomic mass is 19.1. The molecule has 0 aromatic heterocycles. The first-order valence-corrected chi connectivity index (χ1v) is 13.4. The zero-order valence-corrected chi connectivity index (χ0v) is 23.0. The minimum absolute atomic E-state index is 0.108. The van der Waals surface area contributed by atoms with Gasteiger partial charge in [-0.05, 0) is 58.6 Å². The van der Waals surface area contributed by atoms with Crippen LogP contribution in [-0.2, 0) is 20.9 Å². The van der Waals surface area contributed by atoms with E-state index >= 15 is 4.39 Å². The van der Waals surface area contributed by atoms with E-state index in [1.807, 2.05) is 35.2 Å². The number of oxime groups is 1. The second kappa shape index (κ2) is 12.4. The van der Waals surface area contributed by atoms with Crippen LogP contribution in [0.1, 0.15) is 68.4 Å². The topological polar surface area (TPSA) is 101 Å². The molecule has 2 aromatic rings. The van der Waals surface area contributed by atoms with Gasteiger partial charge in [0.05, 0.1) is 35.8 Å². The number of halogens is 1. The molecule has 0 bridgehead atoms. The van der Waals surface area contributed by atoms with Crippen molar-refractivity contribution in [2.45, 2.75) is 71.2 Å². The van der Waals surface area contributed by atoms with Crippen LogP contribution in [0, 0.1) is 5.82 Å². The van der Waals surface area contributed by atoms with Gasteiger partial charge in [0.2, 0.25) is 0 Å². The van der Waals surface area contributed by atoms with Gasteiger partial charge >= 0.3 is 12.1 Å². The van der Waals surface area contributed by atoms with Crippen LogP contribution in [0.2, 0.25) is 0 Å². The highest BCUT2D eigenvalue weighted by molar-refractivity contribution is 6.05. The monoisotopic (exact) mass is 540 g/mol. The summed E-state index contributed by atoms with van der Waals surface area (Å²) in [5.74, 6) is -1.20. The molecular weight excluding hydrogens is 503 g/mol. The number of anilines is 2. The minimum Gasteiger partial charge on any atom is -0.462 e. The van der Waals surface area contributed by atoms with E-state index in [9.17, 15) is 9.59 Å². The normalized spacial score (nSPS) is 17.3. The number of rotatable bonds is 10. The van der Waals surface area contributed by atoms with Gasteiger partial charge in [0.25, 0.3) is 0 Å². The number of amides is 1. The predicted octanol–water partition coefficient (Wildman–Crippen LogP) is 5.23. The minimum atomic E-state index is -0.621. The molecule has 210 valence electrons. The summed E-state index contributed by atoms with van der Waals surface area (Å²) in [6.07, 6.45) is 3.43. The van der Waals surface area contributed by atoms with Crippen molar-refractivity contribution in [3.8, 4) is 0 Å². The van der Waals surface area contributed by atoms with E-state index in [1.54, 1.807) is 27.7 Å². The van der Waals surface area contributed by atoms with Crippen molar-refractivity contribution in [3.05, 3.63) is 58.9 Å². The SMILES string of the molecule is CCOC(=O)c1cc(F)c(N2CCC(NC(=O)OC(C)(C)C)C2)c(/C=N/OCc2ccccc2)c1NC1CC1. The van der Waals surface area contributed by atoms with Gasteiger partial charge in [0.15, 0.2) is 0 Å². The molecule has 2 fully saturated rings. The second-order valence-corrected chi connectivity index (χ2v) is 10.8. The van der Waals surface area contributed by atoms with Gasteiger partial charge in [-0.3, -0.25) is 0 Å². The summed E-state index contributed by atoms with van der Waals surface area (Å²) in [5.41, 5.74) is 1.57. The van der Waals surface area contributed by atoms with Crippen molar-refractivity contribution in [1.29, 1.82) is 0 Å². The van der Waals surface area contributed by atoms with Crippen LogP contribution in [0.15, 0.2) is 41.6 Å². The fraction of sp³-hybridized carbons (Fsp3) is 0.483. The Hall–Kier alpha value is -3.82. The average Bonchev–Trinajstić information content (AvgIpc) is 3.58. The van der Waals surface area contributed by atoms with Crippen LogP contribution in [0.4, 0.5) is 20.6 Å². The van der Waals surface area contributed by atoms with Crippen molar-refractivity contribution in [2.24, 2.45) is 5.16 Å². The number of ether oxygens (including phenoxy) is 2. The third-order valence-corrected chi connectivity index (χ3v) is 6.27. The van der Waals surface area contributed by atoms with Crippen LogP contribution in [0.3, 0.4) is 0 Å². The number of alkyl carbamates (subject to hydrolysis) is 1. The smallest absolute Gasteiger partial charge is 0.407 e. The standard InChI is InChI=1S/C29H37FN4O5/c1-5-37-27(35)22-15-24(30)26(34-14-13-21(17-34)33-28(36)39-29(2,3)4)23(25(22)32-20-11-12-20)16-31-38-18-19-9-7-6-8-10-19/h6-10,15-16,20-21,32H,5,11-14,17-18H2,1-4H3,(H,33,36)/b31-16+. The Kier molecular flexibility index (Phi) is 8.93. The Labute approximate surface area is 228 Å².